The van der Waals surface area contributed by atoms with E-state index in [1.807, 2.05) is 6.08 Å². The molecule has 0 aromatic heterocycles. The number of hydrogen-bond donors (Lipinski definition) is 1. The first kappa shape index (κ1) is 9.02. The number of fused-ring (bicyclic) bond motifs is 1. The van der Waals surface area contributed by atoms with Gasteiger partial charge in [-0.1, -0.05) is 12.2 Å². The van der Waals surface area contributed by atoms with Crippen LogP contribution in [0.25, 0.3) is 0 Å². The third kappa shape index (κ3) is 1.46. The molecule has 0 saturated carbocycles. The molecule has 0 amide bonds. The zero-order chi connectivity index (χ0) is 10.3. The molecule has 1 N–H and O–H groups in total. The molecule has 0 heterocycles. The molecule has 3 aliphatic carbocycles. The van der Waals surface area contributed by atoms with Gasteiger partial charge in [0.15, 0.2) is 0 Å². The van der Waals surface area contributed by atoms with Gasteiger partial charge in [-0.3, -0.25) is 0 Å². The van der Waals surface area contributed by atoms with Gasteiger partial charge in [-0.15, -0.1) is 0 Å². The lowest BCUT2D eigenvalue weighted by Crippen LogP contribution is -2.10. The lowest BCUT2D eigenvalue weighted by Gasteiger charge is -2.28. The largest absolute Gasteiger partial charge is 0.512 e. The van der Waals surface area contributed by atoms with Crippen LogP contribution < -0.4 is 0 Å². The van der Waals surface area contributed by atoms with Crippen LogP contribution in [0.4, 0.5) is 0 Å². The van der Waals surface area contributed by atoms with E-state index < -0.39 is 0 Å². The van der Waals surface area contributed by atoms with Gasteiger partial charge in [0.05, 0.1) is 5.76 Å². The second-order valence-corrected chi connectivity index (χ2v) is 4.58. The van der Waals surface area contributed by atoms with E-state index in [2.05, 4.69) is 12.2 Å². The normalized spacial score (nSPS) is 24.9. The van der Waals surface area contributed by atoms with Crippen molar-refractivity contribution in [2.75, 3.05) is 0 Å². The minimum atomic E-state index is 0.573. The Morgan fingerprint density at radius 2 is 1.67 bits per heavy atom. The van der Waals surface area contributed by atoms with Crippen molar-refractivity contribution >= 4 is 0 Å². The summed E-state index contributed by atoms with van der Waals surface area (Å²) >= 11 is 0. The van der Waals surface area contributed by atoms with Crippen LogP contribution in [0.2, 0.25) is 0 Å². The first-order valence-electron chi connectivity index (χ1n) is 5.85. The maximum Gasteiger partial charge on any atom is 0.0928 e. The van der Waals surface area contributed by atoms with Gasteiger partial charge >= 0.3 is 0 Å². The van der Waals surface area contributed by atoms with E-state index in [4.69, 9.17) is 0 Å². The number of aliphatic hydroxyl groups excluding tert-OH is 1. The molecule has 1 heteroatoms. The summed E-state index contributed by atoms with van der Waals surface area (Å²) in [6.07, 6.45) is 13.1. The number of allylic oxidation sites excluding steroid dienone is 8. The van der Waals surface area contributed by atoms with Crippen molar-refractivity contribution in [3.05, 3.63) is 46.3 Å². The highest BCUT2D eigenvalue weighted by atomic mass is 16.3. The minimum Gasteiger partial charge on any atom is -0.512 e. The van der Waals surface area contributed by atoms with E-state index in [9.17, 15) is 5.11 Å². The van der Waals surface area contributed by atoms with Crippen molar-refractivity contribution in [3.8, 4) is 0 Å². The topological polar surface area (TPSA) is 20.2 Å². The number of hydrogen-bond acceptors (Lipinski definition) is 1. The smallest absolute Gasteiger partial charge is 0.0928 e. The Morgan fingerprint density at radius 3 is 2.60 bits per heavy atom. The van der Waals surface area contributed by atoms with Crippen LogP contribution in [0.15, 0.2) is 46.3 Å². The van der Waals surface area contributed by atoms with Crippen LogP contribution in [0.3, 0.4) is 0 Å². The molecule has 0 aromatic rings. The molecule has 15 heavy (non-hydrogen) atoms. The van der Waals surface area contributed by atoms with E-state index in [1.165, 1.54) is 18.4 Å². The zero-order valence-corrected chi connectivity index (χ0v) is 8.92. The van der Waals surface area contributed by atoms with Gasteiger partial charge in [0.25, 0.3) is 0 Å². The molecule has 0 fully saturated rings. The molecule has 0 spiro atoms. The van der Waals surface area contributed by atoms with Crippen LogP contribution >= 0.6 is 0 Å². The lowest BCUT2D eigenvalue weighted by atomic mass is 9.77. The summed E-state index contributed by atoms with van der Waals surface area (Å²) in [5, 5.41) is 9.54. The van der Waals surface area contributed by atoms with Crippen molar-refractivity contribution in [1.29, 1.82) is 0 Å². The molecule has 0 aromatic carbocycles. The van der Waals surface area contributed by atoms with Gasteiger partial charge in [0.2, 0.25) is 0 Å². The molecule has 3 rings (SSSR count). The first-order chi connectivity index (χ1) is 7.34. The Labute approximate surface area is 90.5 Å². The van der Waals surface area contributed by atoms with Gasteiger partial charge in [-0.2, -0.15) is 0 Å². The van der Waals surface area contributed by atoms with E-state index in [0.29, 0.717) is 5.76 Å². The highest BCUT2D eigenvalue weighted by Crippen LogP contribution is 2.41. The van der Waals surface area contributed by atoms with Gasteiger partial charge in [-0.05, 0) is 60.5 Å². The Kier molecular flexibility index (Phi) is 2.05. The average Bonchev–Trinajstić information content (AvgIpc) is 2.28. The molecule has 0 aliphatic heterocycles. The van der Waals surface area contributed by atoms with Crippen LogP contribution in [-0.2, 0) is 0 Å². The predicted octanol–water partition coefficient (Wildman–Crippen LogP) is 3.96. The standard InChI is InChI=1S/C14H16O/c15-12-7-8-14-11(9-12)6-5-10-3-1-2-4-13(10)14/h1,3,9,15H,2,4-8H2. The Balaban J connectivity index is 2.06. The highest BCUT2D eigenvalue weighted by Gasteiger charge is 2.23. The second-order valence-electron chi connectivity index (χ2n) is 4.58. The van der Waals surface area contributed by atoms with Crippen molar-refractivity contribution in [2.45, 2.75) is 38.5 Å². The maximum atomic E-state index is 9.54. The number of aliphatic hydroxyl groups is 1. The van der Waals surface area contributed by atoms with Crippen LogP contribution in [0, 0.1) is 0 Å². The lowest BCUT2D eigenvalue weighted by molar-refractivity contribution is 0.383. The summed E-state index contributed by atoms with van der Waals surface area (Å²) in [5.74, 6) is 0.573. The van der Waals surface area contributed by atoms with Crippen molar-refractivity contribution in [1.82, 2.24) is 0 Å². The molecular formula is C14H16O. The minimum absolute atomic E-state index is 0.573. The summed E-state index contributed by atoms with van der Waals surface area (Å²) in [7, 11) is 0. The average molecular weight is 200 g/mol. The quantitative estimate of drug-likeness (QED) is 0.627. The van der Waals surface area contributed by atoms with Crippen LogP contribution in [-0.4, -0.2) is 5.11 Å². The Hall–Kier alpha value is -1.24. The van der Waals surface area contributed by atoms with E-state index in [1.54, 1.807) is 16.7 Å². The van der Waals surface area contributed by atoms with Crippen molar-refractivity contribution in [3.63, 3.8) is 0 Å². The third-order valence-electron chi connectivity index (χ3n) is 3.66. The fraction of sp³-hybridized carbons (Fsp3) is 0.429. The predicted molar refractivity (Wildman–Crippen MR) is 61.6 cm³/mol. The fourth-order valence-electron chi connectivity index (χ4n) is 2.90. The van der Waals surface area contributed by atoms with E-state index in [-0.39, 0.29) is 0 Å². The third-order valence-corrected chi connectivity index (χ3v) is 3.66. The maximum absolute atomic E-state index is 9.54. The van der Waals surface area contributed by atoms with Crippen molar-refractivity contribution < 1.29 is 5.11 Å². The molecule has 0 radical (unpaired) electrons. The molecule has 1 nitrogen and oxygen atoms in total. The summed E-state index contributed by atoms with van der Waals surface area (Å²) in [6, 6.07) is 0. The van der Waals surface area contributed by atoms with E-state index >= 15 is 0 Å². The summed E-state index contributed by atoms with van der Waals surface area (Å²) in [6.45, 7) is 0. The van der Waals surface area contributed by atoms with Gasteiger partial charge < -0.3 is 5.11 Å². The molecule has 3 aliphatic rings. The SMILES string of the molecule is OC1=CC2=C(CC1)C1=C(C=CCC1)CC2. The fourth-order valence-corrected chi connectivity index (χ4v) is 2.90. The molecule has 0 atom stereocenters. The van der Waals surface area contributed by atoms with Crippen LogP contribution in [0.1, 0.15) is 38.5 Å². The highest BCUT2D eigenvalue weighted by molar-refractivity contribution is 5.52. The number of rotatable bonds is 0. The molecular weight excluding hydrogens is 184 g/mol. The first-order valence-corrected chi connectivity index (χ1v) is 5.85. The summed E-state index contributed by atoms with van der Waals surface area (Å²) in [4.78, 5) is 0. The molecule has 0 unspecified atom stereocenters. The molecule has 0 saturated heterocycles. The molecule has 78 valence electrons. The Morgan fingerprint density at radius 1 is 0.867 bits per heavy atom. The van der Waals surface area contributed by atoms with Gasteiger partial charge in [-0.25, -0.2) is 0 Å². The Bertz CT molecular complexity index is 419. The summed E-state index contributed by atoms with van der Waals surface area (Å²) in [5.41, 5.74) is 6.07. The van der Waals surface area contributed by atoms with Crippen molar-refractivity contribution in [2.24, 2.45) is 0 Å². The van der Waals surface area contributed by atoms with Crippen LogP contribution in [0.5, 0.6) is 0 Å². The second kappa shape index (κ2) is 3.41. The summed E-state index contributed by atoms with van der Waals surface area (Å²) < 4.78 is 0. The zero-order valence-electron chi connectivity index (χ0n) is 8.92. The molecule has 0 bridgehead atoms. The van der Waals surface area contributed by atoms with E-state index in [0.717, 1.165) is 25.7 Å². The van der Waals surface area contributed by atoms with Gasteiger partial charge in [0, 0.05) is 6.42 Å². The van der Waals surface area contributed by atoms with Gasteiger partial charge in [0.1, 0.15) is 0 Å². The monoisotopic (exact) mass is 200 g/mol.